The van der Waals surface area contributed by atoms with Gasteiger partial charge in [-0.3, -0.25) is 4.79 Å². The molecule has 0 aromatic heterocycles. The molecule has 3 atom stereocenters. The van der Waals surface area contributed by atoms with Crippen molar-refractivity contribution in [3.8, 4) is 0 Å². The van der Waals surface area contributed by atoms with Crippen LogP contribution in [0.3, 0.4) is 0 Å². The predicted octanol–water partition coefficient (Wildman–Crippen LogP) is 2.78. The van der Waals surface area contributed by atoms with Gasteiger partial charge in [-0.15, -0.1) is 12.4 Å². The Morgan fingerprint density at radius 2 is 1.81 bits per heavy atom. The standard InChI is InChI=1S/C16H30N2O2.ClH/c1-12(20-14-8-4-2-3-5-9-14)16(19)18-15-10-6-7-13(15)11-17;/h12-15H,2-11,17H2,1H3,(H,18,19);1H. The van der Waals surface area contributed by atoms with Crippen LogP contribution in [0.25, 0.3) is 0 Å². The van der Waals surface area contributed by atoms with Gasteiger partial charge in [0.05, 0.1) is 6.10 Å². The molecule has 124 valence electrons. The Balaban J connectivity index is 0.00000220. The van der Waals surface area contributed by atoms with Crippen molar-refractivity contribution in [2.45, 2.75) is 83.0 Å². The number of hydrogen-bond acceptors (Lipinski definition) is 3. The van der Waals surface area contributed by atoms with Crippen LogP contribution >= 0.6 is 12.4 Å². The number of amides is 1. The van der Waals surface area contributed by atoms with Crippen molar-refractivity contribution in [2.75, 3.05) is 6.54 Å². The molecule has 0 bridgehead atoms. The van der Waals surface area contributed by atoms with Crippen molar-refractivity contribution in [3.63, 3.8) is 0 Å². The van der Waals surface area contributed by atoms with Crippen LogP contribution in [-0.4, -0.2) is 30.7 Å². The highest BCUT2D eigenvalue weighted by atomic mass is 35.5. The average Bonchev–Trinajstić information content (AvgIpc) is 2.73. The lowest BCUT2D eigenvalue weighted by Crippen LogP contribution is -2.45. The number of carbonyl (C=O) groups excluding carboxylic acids is 1. The Morgan fingerprint density at radius 3 is 2.43 bits per heavy atom. The van der Waals surface area contributed by atoms with Crippen LogP contribution in [0, 0.1) is 5.92 Å². The summed E-state index contributed by atoms with van der Waals surface area (Å²) in [5.74, 6) is 0.489. The van der Waals surface area contributed by atoms with E-state index < -0.39 is 0 Å². The summed E-state index contributed by atoms with van der Waals surface area (Å²) in [6.45, 7) is 2.55. The molecule has 2 aliphatic rings. The first kappa shape index (κ1) is 18.7. The summed E-state index contributed by atoms with van der Waals surface area (Å²) in [7, 11) is 0. The third-order valence-corrected chi connectivity index (χ3v) is 4.86. The lowest BCUT2D eigenvalue weighted by Gasteiger charge is -2.24. The van der Waals surface area contributed by atoms with Crippen LogP contribution in [0.4, 0.5) is 0 Å². The summed E-state index contributed by atoms with van der Waals surface area (Å²) < 4.78 is 5.97. The molecule has 1 amide bonds. The fraction of sp³-hybridized carbons (Fsp3) is 0.938. The van der Waals surface area contributed by atoms with Gasteiger partial charge in [0, 0.05) is 6.04 Å². The fourth-order valence-corrected chi connectivity index (χ4v) is 3.54. The molecule has 0 radical (unpaired) electrons. The van der Waals surface area contributed by atoms with E-state index >= 15 is 0 Å². The molecule has 0 aliphatic heterocycles. The van der Waals surface area contributed by atoms with E-state index in [0.717, 1.165) is 25.7 Å². The van der Waals surface area contributed by atoms with E-state index in [1.165, 1.54) is 32.1 Å². The van der Waals surface area contributed by atoms with E-state index in [9.17, 15) is 4.79 Å². The number of ether oxygens (including phenoxy) is 1. The Bertz CT molecular complexity index is 307. The van der Waals surface area contributed by atoms with E-state index in [1.807, 2.05) is 6.92 Å². The largest absolute Gasteiger partial charge is 0.365 e. The number of rotatable bonds is 5. The van der Waals surface area contributed by atoms with Crippen molar-refractivity contribution >= 4 is 18.3 Å². The minimum absolute atomic E-state index is 0. The number of halogens is 1. The number of nitrogens with one attached hydrogen (secondary N) is 1. The van der Waals surface area contributed by atoms with Crippen molar-refractivity contribution in [1.82, 2.24) is 5.32 Å². The summed E-state index contributed by atoms with van der Waals surface area (Å²) in [6, 6.07) is 0.257. The van der Waals surface area contributed by atoms with Gasteiger partial charge >= 0.3 is 0 Å². The van der Waals surface area contributed by atoms with Gasteiger partial charge < -0.3 is 15.8 Å². The van der Waals surface area contributed by atoms with Crippen molar-refractivity contribution in [1.29, 1.82) is 0 Å². The Kier molecular flexibility index (Phi) is 8.60. The third-order valence-electron chi connectivity index (χ3n) is 4.86. The molecule has 0 spiro atoms. The van der Waals surface area contributed by atoms with E-state index in [2.05, 4.69) is 5.32 Å². The SMILES string of the molecule is CC(OC1CCCCCC1)C(=O)NC1CCCC1CN.Cl. The highest BCUT2D eigenvalue weighted by Gasteiger charge is 2.29. The van der Waals surface area contributed by atoms with Gasteiger partial charge in [-0.2, -0.15) is 0 Å². The molecule has 5 heteroatoms. The molecule has 0 aromatic rings. The summed E-state index contributed by atoms with van der Waals surface area (Å²) in [4.78, 5) is 12.2. The second kappa shape index (κ2) is 9.65. The molecular formula is C16H31ClN2O2. The molecule has 0 heterocycles. The predicted molar refractivity (Wildman–Crippen MR) is 87.6 cm³/mol. The van der Waals surface area contributed by atoms with Crippen molar-refractivity contribution in [2.24, 2.45) is 11.7 Å². The maximum atomic E-state index is 12.2. The monoisotopic (exact) mass is 318 g/mol. The summed E-state index contributed by atoms with van der Waals surface area (Å²) in [6.07, 6.45) is 10.6. The van der Waals surface area contributed by atoms with Gasteiger partial charge in [0.25, 0.3) is 0 Å². The summed E-state index contributed by atoms with van der Waals surface area (Å²) in [5.41, 5.74) is 5.76. The van der Waals surface area contributed by atoms with E-state index in [1.54, 1.807) is 0 Å². The maximum Gasteiger partial charge on any atom is 0.249 e. The smallest absolute Gasteiger partial charge is 0.249 e. The van der Waals surface area contributed by atoms with Crippen molar-refractivity contribution < 1.29 is 9.53 Å². The molecule has 4 nitrogen and oxygen atoms in total. The highest BCUT2D eigenvalue weighted by Crippen LogP contribution is 2.25. The third kappa shape index (κ3) is 5.76. The maximum absolute atomic E-state index is 12.2. The zero-order valence-corrected chi connectivity index (χ0v) is 14.0. The van der Waals surface area contributed by atoms with E-state index in [0.29, 0.717) is 12.5 Å². The Hall–Kier alpha value is -0.320. The van der Waals surface area contributed by atoms with Crippen LogP contribution in [0.2, 0.25) is 0 Å². The molecule has 2 saturated carbocycles. The van der Waals surface area contributed by atoms with Crippen LogP contribution in [0.1, 0.15) is 64.7 Å². The van der Waals surface area contributed by atoms with Gasteiger partial charge in [0.15, 0.2) is 0 Å². The van der Waals surface area contributed by atoms with Gasteiger partial charge in [0.2, 0.25) is 5.91 Å². The molecule has 3 unspecified atom stereocenters. The van der Waals surface area contributed by atoms with Crippen LogP contribution in [0.5, 0.6) is 0 Å². The minimum atomic E-state index is -0.336. The summed E-state index contributed by atoms with van der Waals surface area (Å²) >= 11 is 0. The Morgan fingerprint density at radius 1 is 1.14 bits per heavy atom. The molecule has 21 heavy (non-hydrogen) atoms. The van der Waals surface area contributed by atoms with Crippen LogP contribution in [0.15, 0.2) is 0 Å². The van der Waals surface area contributed by atoms with Crippen LogP contribution < -0.4 is 11.1 Å². The second-order valence-electron chi connectivity index (χ2n) is 6.43. The number of hydrogen-bond donors (Lipinski definition) is 2. The van der Waals surface area contributed by atoms with Gasteiger partial charge in [0.1, 0.15) is 6.10 Å². The average molecular weight is 319 g/mol. The second-order valence-corrected chi connectivity index (χ2v) is 6.43. The topological polar surface area (TPSA) is 64.3 Å². The fourth-order valence-electron chi connectivity index (χ4n) is 3.54. The van der Waals surface area contributed by atoms with Gasteiger partial charge in [-0.1, -0.05) is 32.1 Å². The number of carbonyl (C=O) groups is 1. The first-order chi connectivity index (χ1) is 9.70. The Labute approximate surface area is 135 Å². The zero-order chi connectivity index (χ0) is 14.4. The molecule has 3 N–H and O–H groups in total. The first-order valence-corrected chi connectivity index (χ1v) is 8.36. The molecule has 2 fully saturated rings. The van der Waals surface area contributed by atoms with E-state index in [-0.39, 0.29) is 36.6 Å². The lowest BCUT2D eigenvalue weighted by molar-refractivity contribution is -0.136. The summed E-state index contributed by atoms with van der Waals surface area (Å²) in [5, 5.41) is 3.14. The highest BCUT2D eigenvalue weighted by molar-refractivity contribution is 5.85. The van der Waals surface area contributed by atoms with E-state index in [4.69, 9.17) is 10.5 Å². The zero-order valence-electron chi connectivity index (χ0n) is 13.2. The molecule has 2 rings (SSSR count). The molecule has 2 aliphatic carbocycles. The minimum Gasteiger partial charge on any atom is -0.365 e. The van der Waals surface area contributed by atoms with Gasteiger partial charge in [-0.05, 0) is 45.1 Å². The molecular weight excluding hydrogens is 288 g/mol. The molecule has 0 aromatic carbocycles. The molecule has 0 saturated heterocycles. The normalized spacial score (nSPS) is 28.5. The lowest BCUT2D eigenvalue weighted by atomic mass is 10.0. The van der Waals surface area contributed by atoms with Crippen LogP contribution in [-0.2, 0) is 9.53 Å². The van der Waals surface area contributed by atoms with Crippen molar-refractivity contribution in [3.05, 3.63) is 0 Å². The quantitative estimate of drug-likeness (QED) is 0.766. The number of nitrogens with two attached hydrogens (primary N) is 1. The first-order valence-electron chi connectivity index (χ1n) is 8.36. The van der Waals surface area contributed by atoms with Gasteiger partial charge in [-0.25, -0.2) is 0 Å².